The van der Waals surface area contributed by atoms with Gasteiger partial charge in [-0.2, -0.15) is 11.8 Å². The second-order valence-corrected chi connectivity index (χ2v) is 6.56. The lowest BCUT2D eigenvalue weighted by Gasteiger charge is -2.28. The number of amides is 2. The highest BCUT2D eigenvalue weighted by atomic mass is 32.2. The van der Waals surface area contributed by atoms with Crippen molar-refractivity contribution in [1.82, 2.24) is 10.2 Å². The van der Waals surface area contributed by atoms with Crippen molar-refractivity contribution in [3.8, 4) is 0 Å². The van der Waals surface area contributed by atoms with E-state index in [4.69, 9.17) is 0 Å². The van der Waals surface area contributed by atoms with E-state index >= 15 is 0 Å². The average molecular weight is 270 g/mol. The molecule has 2 fully saturated rings. The molecular formula is C13H22N2O2S. The van der Waals surface area contributed by atoms with Gasteiger partial charge in [-0.25, -0.2) is 0 Å². The minimum absolute atomic E-state index is 0.0263. The number of nitrogens with zero attached hydrogens (tertiary/aromatic N) is 1. The molecule has 0 aromatic heterocycles. The van der Waals surface area contributed by atoms with E-state index in [0.717, 1.165) is 30.9 Å². The highest BCUT2D eigenvalue weighted by Gasteiger charge is 2.42. The largest absolute Gasteiger partial charge is 0.344 e. The van der Waals surface area contributed by atoms with Crippen LogP contribution >= 0.6 is 11.8 Å². The van der Waals surface area contributed by atoms with Gasteiger partial charge < -0.3 is 10.2 Å². The molecule has 0 aromatic carbocycles. The molecule has 2 amide bonds. The van der Waals surface area contributed by atoms with Crippen LogP contribution in [0.5, 0.6) is 0 Å². The fourth-order valence-electron chi connectivity index (χ4n) is 2.46. The van der Waals surface area contributed by atoms with E-state index in [1.165, 1.54) is 0 Å². The van der Waals surface area contributed by atoms with Gasteiger partial charge >= 0.3 is 0 Å². The Morgan fingerprint density at radius 3 is 2.72 bits per heavy atom. The van der Waals surface area contributed by atoms with Gasteiger partial charge in [-0.1, -0.05) is 6.92 Å². The molecule has 0 radical (unpaired) electrons. The molecule has 1 aliphatic heterocycles. The maximum absolute atomic E-state index is 12.5. The molecule has 2 atom stereocenters. The second kappa shape index (κ2) is 5.95. The summed E-state index contributed by atoms with van der Waals surface area (Å²) in [5, 5.41) is 2.90. The number of thioether (sulfide) groups is 1. The zero-order valence-electron chi connectivity index (χ0n) is 11.1. The first-order valence-electron chi connectivity index (χ1n) is 6.81. The standard InChI is InChI=1S/C13H22N2O2S/c1-3-18-7-6-15-9(2)8-11(16)14-12(13(15)17)10-4-5-10/h9-10,12H,3-8H2,1-2H3,(H,14,16). The predicted octanol–water partition coefficient (Wildman–Crippen LogP) is 1.26. The number of carbonyl (C=O) groups is 2. The third-order valence-electron chi connectivity index (χ3n) is 3.65. The fourth-order valence-corrected chi connectivity index (χ4v) is 3.07. The van der Waals surface area contributed by atoms with Crippen LogP contribution in [0.15, 0.2) is 0 Å². The molecule has 2 unspecified atom stereocenters. The SMILES string of the molecule is CCSCCN1C(=O)C(C2CC2)NC(=O)CC1C. The maximum Gasteiger partial charge on any atom is 0.245 e. The molecule has 18 heavy (non-hydrogen) atoms. The van der Waals surface area contributed by atoms with E-state index in [2.05, 4.69) is 12.2 Å². The first-order chi connectivity index (χ1) is 8.63. The Balaban J connectivity index is 2.03. The van der Waals surface area contributed by atoms with Crippen molar-refractivity contribution in [3.63, 3.8) is 0 Å². The fraction of sp³-hybridized carbons (Fsp3) is 0.846. The molecule has 1 N–H and O–H groups in total. The molecule has 0 bridgehead atoms. The van der Waals surface area contributed by atoms with Crippen molar-refractivity contribution in [2.45, 2.75) is 45.2 Å². The molecule has 2 aliphatic rings. The molecule has 0 aromatic rings. The second-order valence-electron chi connectivity index (χ2n) is 5.16. The van der Waals surface area contributed by atoms with Crippen LogP contribution < -0.4 is 5.32 Å². The molecule has 5 heteroatoms. The number of hydrogen-bond donors (Lipinski definition) is 1. The quantitative estimate of drug-likeness (QED) is 0.765. The smallest absolute Gasteiger partial charge is 0.245 e. The molecule has 1 heterocycles. The van der Waals surface area contributed by atoms with Crippen LogP contribution in [0.1, 0.15) is 33.1 Å². The molecule has 1 aliphatic carbocycles. The van der Waals surface area contributed by atoms with Crippen LogP contribution in [0.3, 0.4) is 0 Å². The summed E-state index contributed by atoms with van der Waals surface area (Å²) < 4.78 is 0. The Hall–Kier alpha value is -0.710. The lowest BCUT2D eigenvalue weighted by atomic mass is 10.1. The lowest BCUT2D eigenvalue weighted by Crippen LogP contribution is -2.48. The molecule has 1 saturated carbocycles. The normalized spacial score (nSPS) is 29.1. The van der Waals surface area contributed by atoms with Crippen LogP contribution in [-0.4, -0.2) is 46.8 Å². The zero-order chi connectivity index (χ0) is 13.1. The van der Waals surface area contributed by atoms with E-state index in [1.807, 2.05) is 23.6 Å². The lowest BCUT2D eigenvalue weighted by molar-refractivity contribution is -0.135. The van der Waals surface area contributed by atoms with Crippen molar-refractivity contribution >= 4 is 23.6 Å². The van der Waals surface area contributed by atoms with Gasteiger partial charge in [0, 0.05) is 24.8 Å². The van der Waals surface area contributed by atoms with Gasteiger partial charge in [-0.15, -0.1) is 0 Å². The topological polar surface area (TPSA) is 49.4 Å². The van der Waals surface area contributed by atoms with Gasteiger partial charge in [0.25, 0.3) is 0 Å². The van der Waals surface area contributed by atoms with Crippen molar-refractivity contribution < 1.29 is 9.59 Å². The average Bonchev–Trinajstić information content (AvgIpc) is 3.14. The number of hydrogen-bond acceptors (Lipinski definition) is 3. The summed E-state index contributed by atoms with van der Waals surface area (Å²) in [6, 6.07) is -0.229. The van der Waals surface area contributed by atoms with Crippen molar-refractivity contribution in [1.29, 1.82) is 0 Å². The van der Waals surface area contributed by atoms with E-state index in [0.29, 0.717) is 12.3 Å². The summed E-state index contributed by atoms with van der Waals surface area (Å²) in [6.07, 6.45) is 2.58. The van der Waals surface area contributed by atoms with E-state index in [1.54, 1.807) is 0 Å². The minimum Gasteiger partial charge on any atom is -0.344 e. The Morgan fingerprint density at radius 2 is 2.11 bits per heavy atom. The molecule has 2 rings (SSSR count). The van der Waals surface area contributed by atoms with E-state index < -0.39 is 0 Å². The van der Waals surface area contributed by atoms with Crippen LogP contribution in [-0.2, 0) is 9.59 Å². The van der Waals surface area contributed by atoms with Gasteiger partial charge in [0.1, 0.15) is 6.04 Å². The Kier molecular flexibility index (Phi) is 4.54. The first kappa shape index (κ1) is 13.7. The number of rotatable bonds is 5. The zero-order valence-corrected chi connectivity index (χ0v) is 12.0. The highest BCUT2D eigenvalue weighted by molar-refractivity contribution is 7.99. The molecule has 4 nitrogen and oxygen atoms in total. The minimum atomic E-state index is -0.255. The number of nitrogens with one attached hydrogen (secondary N) is 1. The molecular weight excluding hydrogens is 248 g/mol. The van der Waals surface area contributed by atoms with Crippen LogP contribution in [0, 0.1) is 5.92 Å². The van der Waals surface area contributed by atoms with Crippen molar-refractivity contribution in [2.24, 2.45) is 5.92 Å². The van der Waals surface area contributed by atoms with E-state index in [-0.39, 0.29) is 23.9 Å². The molecule has 1 saturated heterocycles. The van der Waals surface area contributed by atoms with Crippen LogP contribution in [0.2, 0.25) is 0 Å². The monoisotopic (exact) mass is 270 g/mol. The summed E-state index contributed by atoms with van der Waals surface area (Å²) in [4.78, 5) is 26.1. The maximum atomic E-state index is 12.5. The van der Waals surface area contributed by atoms with Crippen molar-refractivity contribution in [3.05, 3.63) is 0 Å². The summed E-state index contributed by atoms with van der Waals surface area (Å²) in [5.74, 6) is 2.57. The Bertz CT molecular complexity index is 331. The van der Waals surface area contributed by atoms with Gasteiger partial charge in [0.05, 0.1) is 0 Å². The van der Waals surface area contributed by atoms with Gasteiger partial charge in [-0.05, 0) is 31.4 Å². The van der Waals surface area contributed by atoms with Gasteiger partial charge in [0.2, 0.25) is 11.8 Å². The summed E-state index contributed by atoms with van der Waals surface area (Å²) >= 11 is 1.84. The van der Waals surface area contributed by atoms with Gasteiger partial charge in [-0.3, -0.25) is 9.59 Å². The highest BCUT2D eigenvalue weighted by Crippen LogP contribution is 2.34. The van der Waals surface area contributed by atoms with Crippen LogP contribution in [0.4, 0.5) is 0 Å². The van der Waals surface area contributed by atoms with Gasteiger partial charge in [0.15, 0.2) is 0 Å². The summed E-state index contributed by atoms with van der Waals surface area (Å²) in [5.41, 5.74) is 0. The summed E-state index contributed by atoms with van der Waals surface area (Å²) in [6.45, 7) is 4.86. The molecule has 102 valence electrons. The van der Waals surface area contributed by atoms with Crippen LogP contribution in [0.25, 0.3) is 0 Å². The molecule has 0 spiro atoms. The Morgan fingerprint density at radius 1 is 1.39 bits per heavy atom. The third-order valence-corrected chi connectivity index (χ3v) is 4.53. The summed E-state index contributed by atoms with van der Waals surface area (Å²) in [7, 11) is 0. The third kappa shape index (κ3) is 3.19. The van der Waals surface area contributed by atoms with Crippen molar-refractivity contribution in [2.75, 3.05) is 18.1 Å². The van der Waals surface area contributed by atoms with E-state index in [9.17, 15) is 9.59 Å². The Labute approximate surface area is 113 Å². The number of carbonyl (C=O) groups excluding carboxylic acids is 2. The first-order valence-corrected chi connectivity index (χ1v) is 7.96. The predicted molar refractivity (Wildman–Crippen MR) is 73.4 cm³/mol.